The molecule has 0 spiro atoms. The van der Waals surface area contributed by atoms with Gasteiger partial charge in [0.15, 0.2) is 11.6 Å². The van der Waals surface area contributed by atoms with Crippen molar-refractivity contribution in [2.75, 3.05) is 25.0 Å². The molecule has 1 aromatic heterocycles. The Labute approximate surface area is 290 Å². The number of benzene rings is 2. The van der Waals surface area contributed by atoms with Crippen molar-refractivity contribution < 1.29 is 4.74 Å². The minimum Gasteiger partial charge on any atom is -0.488 e. The summed E-state index contributed by atoms with van der Waals surface area (Å²) in [6.07, 6.45) is 7.03. The average molecular weight is 646 g/mol. The van der Waals surface area contributed by atoms with Crippen LogP contribution in [0.5, 0.6) is 5.75 Å². The van der Waals surface area contributed by atoms with Crippen molar-refractivity contribution in [1.82, 2.24) is 10.3 Å². The molecule has 6 rings (SSSR count). The van der Waals surface area contributed by atoms with Crippen LogP contribution in [0.25, 0.3) is 0 Å². The summed E-state index contributed by atoms with van der Waals surface area (Å²) in [6, 6.07) is 16.0. The molecule has 4 heteroatoms. The van der Waals surface area contributed by atoms with Crippen molar-refractivity contribution >= 4 is 5.82 Å². The van der Waals surface area contributed by atoms with Crippen molar-refractivity contribution in [1.29, 1.82) is 0 Å². The lowest BCUT2D eigenvalue weighted by atomic mass is 9.84. The molecule has 0 bridgehead atoms. The first-order chi connectivity index (χ1) is 22.2. The van der Waals surface area contributed by atoms with E-state index in [1.54, 1.807) is 11.1 Å². The molecule has 2 aliphatic heterocycles. The van der Waals surface area contributed by atoms with Crippen molar-refractivity contribution in [3.8, 4) is 5.75 Å². The largest absolute Gasteiger partial charge is 0.488 e. The van der Waals surface area contributed by atoms with Crippen LogP contribution in [0.4, 0.5) is 5.82 Å². The summed E-state index contributed by atoms with van der Waals surface area (Å²) in [4.78, 5) is 4.35. The zero-order valence-electron chi connectivity index (χ0n) is 33.1. The van der Waals surface area contributed by atoms with E-state index in [4.69, 9.17) is 4.74 Å². The van der Waals surface area contributed by atoms with Crippen molar-refractivity contribution in [3.63, 3.8) is 0 Å². The molecule has 3 aromatic rings. The van der Waals surface area contributed by atoms with Gasteiger partial charge in [0.2, 0.25) is 0 Å². The average Bonchev–Trinajstić information content (AvgIpc) is 3.55. The fraction of sp³-hybridized carbons (Fsp3) is 0.605. The van der Waals surface area contributed by atoms with E-state index in [1.807, 2.05) is 47.7 Å². The number of hydrogen-bond donors (Lipinski definition) is 2. The smallest absolute Gasteiger partial charge is 0.168 e. The molecule has 47 heavy (non-hydrogen) atoms. The Morgan fingerprint density at radius 1 is 0.574 bits per heavy atom. The van der Waals surface area contributed by atoms with Crippen LogP contribution < -0.4 is 15.4 Å². The van der Waals surface area contributed by atoms with Crippen LogP contribution in [0.2, 0.25) is 0 Å². The highest BCUT2D eigenvalue weighted by molar-refractivity contribution is 5.53. The number of anilines is 1. The summed E-state index contributed by atoms with van der Waals surface area (Å²) in [5.41, 5.74) is 11.0. The van der Waals surface area contributed by atoms with E-state index in [0.717, 1.165) is 37.8 Å². The number of nitrogens with zero attached hydrogens (tertiary/aromatic N) is 1. The molecule has 4 nitrogen and oxygen atoms in total. The standard InChI is InChI=1S/C13H19N.C13H18.C11H16N2O.3C2H6/c1-13(2,3)12-5-4-11-9-14-7-6-10(11)8-12;1-13(2,3)12-8-7-10-5-4-6-11(10)9-12;1-11(2,3)8-6-9-10(13-7-8)12-4-5-14-9;3*1-2/h4-5,8,14H,6-7,9H2,1-3H3;7-9H,4-6H2,1-3H3;6-7H,4-5H2,1-3H3,(H,12,13);3*1-2H3. The van der Waals surface area contributed by atoms with Crippen LogP contribution in [-0.4, -0.2) is 24.7 Å². The first-order valence-electron chi connectivity index (χ1n) is 18.5. The zero-order chi connectivity index (χ0) is 35.8. The second-order valence-corrected chi connectivity index (χ2v) is 14.8. The number of aryl methyl sites for hydroxylation is 2. The quantitative estimate of drug-likeness (QED) is 0.255. The lowest BCUT2D eigenvalue weighted by molar-refractivity contribution is 0.320. The molecular weight excluding hydrogens is 574 g/mol. The maximum atomic E-state index is 5.53. The Hall–Kier alpha value is -2.85. The monoisotopic (exact) mass is 646 g/mol. The first-order valence-corrected chi connectivity index (χ1v) is 18.5. The number of nitrogens with one attached hydrogen (secondary N) is 2. The molecule has 0 radical (unpaired) electrons. The molecule has 0 amide bonds. The van der Waals surface area contributed by atoms with Crippen LogP contribution in [0, 0.1) is 0 Å². The lowest BCUT2D eigenvalue weighted by Gasteiger charge is -2.23. The predicted molar refractivity (Wildman–Crippen MR) is 209 cm³/mol. The Morgan fingerprint density at radius 3 is 1.64 bits per heavy atom. The Kier molecular flexibility index (Phi) is 17.8. The van der Waals surface area contributed by atoms with E-state index >= 15 is 0 Å². The van der Waals surface area contributed by atoms with Gasteiger partial charge < -0.3 is 15.4 Å². The van der Waals surface area contributed by atoms with Crippen LogP contribution in [0.15, 0.2) is 48.7 Å². The second-order valence-electron chi connectivity index (χ2n) is 14.8. The molecule has 0 atom stereocenters. The van der Waals surface area contributed by atoms with E-state index < -0.39 is 0 Å². The van der Waals surface area contributed by atoms with Gasteiger partial charge in [-0.2, -0.15) is 0 Å². The van der Waals surface area contributed by atoms with E-state index in [-0.39, 0.29) is 10.8 Å². The fourth-order valence-corrected chi connectivity index (χ4v) is 5.41. The van der Waals surface area contributed by atoms with Crippen molar-refractivity contribution in [2.24, 2.45) is 0 Å². The minimum absolute atomic E-state index is 0.128. The normalized spacial score (nSPS) is 14.3. The van der Waals surface area contributed by atoms with E-state index in [2.05, 4.69) is 120 Å². The molecule has 2 aromatic carbocycles. The third-order valence-electron chi connectivity index (χ3n) is 8.29. The van der Waals surface area contributed by atoms with Crippen molar-refractivity contribution in [3.05, 3.63) is 87.6 Å². The molecule has 2 N–H and O–H groups in total. The number of pyridine rings is 1. The van der Waals surface area contributed by atoms with Gasteiger partial charge >= 0.3 is 0 Å². The third-order valence-corrected chi connectivity index (χ3v) is 8.29. The molecule has 0 saturated heterocycles. The molecule has 0 fully saturated rings. The molecule has 3 heterocycles. The second kappa shape index (κ2) is 19.8. The summed E-state index contributed by atoms with van der Waals surface area (Å²) in [7, 11) is 0. The molecule has 3 aliphatic rings. The van der Waals surface area contributed by atoms with Gasteiger partial charge in [0.05, 0.1) is 6.54 Å². The van der Waals surface area contributed by atoms with Crippen LogP contribution in [-0.2, 0) is 42.1 Å². The topological polar surface area (TPSA) is 46.2 Å². The number of rotatable bonds is 0. The maximum absolute atomic E-state index is 5.53. The molecule has 0 unspecified atom stereocenters. The van der Waals surface area contributed by atoms with Crippen LogP contribution in [0.3, 0.4) is 0 Å². The van der Waals surface area contributed by atoms with Gasteiger partial charge in [-0.25, -0.2) is 4.98 Å². The highest BCUT2D eigenvalue weighted by Gasteiger charge is 2.20. The van der Waals surface area contributed by atoms with Gasteiger partial charge in [-0.15, -0.1) is 0 Å². The Balaban J connectivity index is 0.000000326. The summed E-state index contributed by atoms with van der Waals surface area (Å²) in [6.45, 7) is 35.9. The maximum Gasteiger partial charge on any atom is 0.168 e. The van der Waals surface area contributed by atoms with Gasteiger partial charge in [0, 0.05) is 12.7 Å². The number of ether oxygens (including phenoxy) is 1. The van der Waals surface area contributed by atoms with Gasteiger partial charge in [0.25, 0.3) is 0 Å². The first kappa shape index (κ1) is 42.2. The Morgan fingerprint density at radius 2 is 1.09 bits per heavy atom. The fourth-order valence-electron chi connectivity index (χ4n) is 5.41. The summed E-state index contributed by atoms with van der Waals surface area (Å²) >= 11 is 0. The van der Waals surface area contributed by atoms with Gasteiger partial charge in [-0.05, 0) is 93.5 Å². The third kappa shape index (κ3) is 13.3. The minimum atomic E-state index is 0.128. The van der Waals surface area contributed by atoms with E-state index in [1.165, 1.54) is 53.5 Å². The van der Waals surface area contributed by atoms with Crippen LogP contribution in [0.1, 0.15) is 149 Å². The number of hydrogen-bond acceptors (Lipinski definition) is 4. The molecule has 264 valence electrons. The molecule has 1 aliphatic carbocycles. The predicted octanol–water partition coefficient (Wildman–Crippen LogP) is 11.4. The molecule has 0 saturated carbocycles. The molecular formula is C43H71N3O. The summed E-state index contributed by atoms with van der Waals surface area (Å²) in [5.74, 6) is 1.74. The van der Waals surface area contributed by atoms with Gasteiger partial charge in [-0.3, -0.25) is 0 Å². The summed E-state index contributed by atoms with van der Waals surface area (Å²) in [5, 5.41) is 6.60. The van der Waals surface area contributed by atoms with Gasteiger partial charge in [0.1, 0.15) is 6.61 Å². The van der Waals surface area contributed by atoms with E-state index in [9.17, 15) is 0 Å². The highest BCUT2D eigenvalue weighted by atomic mass is 16.5. The van der Waals surface area contributed by atoms with E-state index in [0.29, 0.717) is 5.41 Å². The van der Waals surface area contributed by atoms with Gasteiger partial charge in [-0.1, -0.05) is 140 Å². The van der Waals surface area contributed by atoms with Crippen molar-refractivity contribution in [2.45, 2.75) is 152 Å². The van der Waals surface area contributed by atoms with Crippen LogP contribution >= 0.6 is 0 Å². The zero-order valence-corrected chi connectivity index (χ0v) is 33.1. The lowest BCUT2D eigenvalue weighted by Crippen LogP contribution is -2.24. The Bertz CT molecular complexity index is 1250. The SMILES string of the molecule is CC.CC.CC.CC(C)(C)c1ccc2c(c1)CCC2.CC(C)(C)c1ccc2c(c1)CCNC2.CC(C)(C)c1cnc2c(c1)OCCN2. The highest BCUT2D eigenvalue weighted by Crippen LogP contribution is 2.31. The number of aromatic nitrogens is 1. The number of fused-ring (bicyclic) bond motifs is 3. The summed E-state index contributed by atoms with van der Waals surface area (Å²) < 4.78 is 5.53.